The molecule has 0 aliphatic carbocycles. The van der Waals surface area contributed by atoms with E-state index in [4.69, 9.17) is 11.6 Å². The van der Waals surface area contributed by atoms with Crippen LogP contribution in [0.5, 0.6) is 0 Å². The monoisotopic (exact) mass is 320 g/mol. The number of rotatable bonds is 2. The summed E-state index contributed by atoms with van der Waals surface area (Å²) in [7, 11) is 5.81. The zero-order chi connectivity index (χ0) is 11.7. The van der Waals surface area contributed by atoms with E-state index >= 15 is 0 Å². The van der Waals surface area contributed by atoms with Crippen molar-refractivity contribution >= 4 is 67.2 Å². The van der Waals surface area contributed by atoms with Gasteiger partial charge in [-0.15, -0.1) is 0 Å². The summed E-state index contributed by atoms with van der Waals surface area (Å²) in [5.74, 6) is 1.67. The molecule has 2 heterocycles. The van der Waals surface area contributed by atoms with Crippen molar-refractivity contribution < 1.29 is 0 Å². The molecule has 0 amide bonds. The standard InChI is InChI=1S/C8H5ClN4S4/c9-6-2-4(7-10-14-15-11-7)1-5(3-6)8-12-16-17-13-8/h1-3H,(H,10,11)(H,12,13). The van der Waals surface area contributed by atoms with Gasteiger partial charge in [0.15, 0.2) is 11.7 Å². The van der Waals surface area contributed by atoms with Crippen molar-refractivity contribution in [3.8, 4) is 0 Å². The van der Waals surface area contributed by atoms with Gasteiger partial charge in [-0.1, -0.05) is 11.6 Å². The third kappa shape index (κ3) is 2.65. The molecule has 0 saturated carbocycles. The molecule has 4 nitrogen and oxygen atoms in total. The number of nitrogens with one attached hydrogen (secondary N) is 2. The van der Waals surface area contributed by atoms with Crippen LogP contribution in [0.2, 0.25) is 5.02 Å². The first-order chi connectivity index (χ1) is 8.33. The molecule has 0 atom stereocenters. The molecule has 0 bridgehead atoms. The van der Waals surface area contributed by atoms with Crippen molar-refractivity contribution in [2.45, 2.75) is 0 Å². The van der Waals surface area contributed by atoms with Crippen molar-refractivity contribution in [3.05, 3.63) is 34.3 Å². The maximum Gasteiger partial charge on any atom is 0.153 e. The molecule has 1 aromatic rings. The van der Waals surface area contributed by atoms with E-state index < -0.39 is 0 Å². The van der Waals surface area contributed by atoms with E-state index in [1.54, 1.807) is 0 Å². The Morgan fingerprint density at radius 1 is 0.882 bits per heavy atom. The molecule has 0 spiro atoms. The molecule has 3 rings (SSSR count). The Hall–Kier alpha value is -0.150. The summed E-state index contributed by atoms with van der Waals surface area (Å²) in [6.45, 7) is 0. The Morgan fingerprint density at radius 2 is 1.41 bits per heavy atom. The zero-order valence-corrected chi connectivity index (χ0v) is 12.2. The van der Waals surface area contributed by atoms with Gasteiger partial charge in [0.1, 0.15) is 0 Å². The van der Waals surface area contributed by atoms with Gasteiger partial charge in [-0.2, -0.15) is 8.80 Å². The Kier molecular flexibility index (Phi) is 3.67. The molecule has 9 heteroatoms. The van der Waals surface area contributed by atoms with Gasteiger partial charge in [-0.3, -0.25) is 0 Å². The lowest BCUT2D eigenvalue weighted by atomic mass is 10.1. The summed E-state index contributed by atoms with van der Waals surface area (Å²) < 4.78 is 14.8. The second-order valence-electron chi connectivity index (χ2n) is 3.13. The normalized spacial score (nSPS) is 18.4. The minimum absolute atomic E-state index is 0.676. The summed E-state index contributed by atoms with van der Waals surface area (Å²) in [4.78, 5) is 0. The van der Waals surface area contributed by atoms with Crippen LogP contribution < -0.4 is 9.44 Å². The van der Waals surface area contributed by atoms with Crippen LogP contribution in [0.4, 0.5) is 0 Å². The zero-order valence-electron chi connectivity index (χ0n) is 8.14. The highest BCUT2D eigenvalue weighted by molar-refractivity contribution is 8.76. The van der Waals surface area contributed by atoms with Crippen LogP contribution in [0, 0.1) is 0 Å². The first kappa shape index (κ1) is 11.9. The number of hydrogen-bond donors (Lipinski definition) is 2. The third-order valence-electron chi connectivity index (χ3n) is 2.05. The van der Waals surface area contributed by atoms with Gasteiger partial charge in [0.05, 0.1) is 22.0 Å². The van der Waals surface area contributed by atoms with Crippen LogP contribution in [-0.2, 0) is 0 Å². The Balaban J connectivity index is 1.99. The van der Waals surface area contributed by atoms with E-state index in [0.717, 1.165) is 22.8 Å². The number of benzene rings is 1. The summed E-state index contributed by atoms with van der Waals surface area (Å²) in [5, 5.41) is 0.676. The Bertz CT molecular complexity index is 476. The van der Waals surface area contributed by atoms with Crippen LogP contribution in [0.15, 0.2) is 27.0 Å². The van der Waals surface area contributed by atoms with Crippen LogP contribution in [0.25, 0.3) is 0 Å². The Labute approximate surface area is 119 Å². The van der Waals surface area contributed by atoms with E-state index in [-0.39, 0.29) is 0 Å². The second kappa shape index (κ2) is 5.23. The predicted octanol–water partition coefficient (Wildman–Crippen LogP) is 3.46. The first-order valence-electron chi connectivity index (χ1n) is 4.47. The molecule has 2 aliphatic heterocycles. The minimum atomic E-state index is 0.676. The lowest BCUT2D eigenvalue weighted by Crippen LogP contribution is -2.16. The molecule has 0 saturated heterocycles. The summed E-state index contributed by atoms with van der Waals surface area (Å²) >= 11 is 6.11. The maximum atomic E-state index is 6.11. The van der Waals surface area contributed by atoms with E-state index in [9.17, 15) is 0 Å². The number of halogens is 1. The summed E-state index contributed by atoms with van der Waals surface area (Å²) in [6.07, 6.45) is 0. The van der Waals surface area contributed by atoms with Gasteiger partial charge in [0.25, 0.3) is 0 Å². The topological polar surface area (TPSA) is 48.8 Å². The maximum absolute atomic E-state index is 6.11. The quantitative estimate of drug-likeness (QED) is 0.643. The SMILES string of the molecule is Clc1cc(C2=NSSN2)cc(C2=NSSN2)c1. The number of hydrogen-bond acceptors (Lipinski definition) is 8. The van der Waals surface area contributed by atoms with E-state index in [0.29, 0.717) is 5.02 Å². The summed E-state index contributed by atoms with van der Waals surface area (Å²) in [5.41, 5.74) is 1.94. The average molecular weight is 321 g/mol. The molecule has 0 fully saturated rings. The van der Waals surface area contributed by atoms with Crippen molar-refractivity contribution in [1.82, 2.24) is 9.44 Å². The molecular weight excluding hydrogens is 316 g/mol. The fourth-order valence-corrected chi connectivity index (χ4v) is 4.16. The van der Waals surface area contributed by atoms with Gasteiger partial charge in [-0.25, -0.2) is 0 Å². The van der Waals surface area contributed by atoms with Crippen LogP contribution in [0.3, 0.4) is 0 Å². The van der Waals surface area contributed by atoms with Gasteiger partial charge < -0.3 is 9.44 Å². The van der Waals surface area contributed by atoms with E-state index in [2.05, 4.69) is 18.2 Å². The van der Waals surface area contributed by atoms with Crippen molar-refractivity contribution in [2.75, 3.05) is 0 Å². The predicted molar refractivity (Wildman–Crippen MR) is 81.2 cm³/mol. The third-order valence-corrected chi connectivity index (χ3v) is 4.88. The molecule has 0 unspecified atom stereocenters. The molecule has 2 N–H and O–H groups in total. The second-order valence-corrected chi connectivity index (χ2v) is 6.86. The molecule has 1 aromatic carbocycles. The summed E-state index contributed by atoms with van der Waals surface area (Å²) in [6, 6.07) is 5.79. The number of nitrogens with zero attached hydrogens (tertiary/aromatic N) is 2. The van der Waals surface area contributed by atoms with Crippen LogP contribution in [0.1, 0.15) is 11.1 Å². The van der Waals surface area contributed by atoms with Crippen molar-refractivity contribution in [2.24, 2.45) is 8.80 Å². The van der Waals surface area contributed by atoms with Crippen LogP contribution in [-0.4, -0.2) is 11.7 Å². The fourth-order valence-electron chi connectivity index (χ4n) is 1.35. The highest BCUT2D eigenvalue weighted by atomic mass is 35.5. The lowest BCUT2D eigenvalue weighted by Gasteiger charge is -2.06. The molecule has 0 radical (unpaired) electrons. The molecular formula is C8H5ClN4S4. The Morgan fingerprint density at radius 3 is 1.82 bits per heavy atom. The molecule has 0 aromatic heterocycles. The highest BCUT2D eigenvalue weighted by Crippen LogP contribution is 2.30. The highest BCUT2D eigenvalue weighted by Gasteiger charge is 2.15. The van der Waals surface area contributed by atoms with Gasteiger partial charge >= 0.3 is 0 Å². The van der Waals surface area contributed by atoms with E-state index in [1.165, 1.54) is 43.9 Å². The minimum Gasteiger partial charge on any atom is -0.303 e. The molecule has 17 heavy (non-hydrogen) atoms. The van der Waals surface area contributed by atoms with Gasteiger partial charge in [-0.05, 0) is 18.2 Å². The average Bonchev–Trinajstić information content (AvgIpc) is 3.02. The lowest BCUT2D eigenvalue weighted by molar-refractivity contribution is 1.45. The molecule has 88 valence electrons. The van der Waals surface area contributed by atoms with Gasteiger partial charge in [0.2, 0.25) is 0 Å². The first-order valence-corrected chi connectivity index (χ1v) is 9.07. The largest absolute Gasteiger partial charge is 0.303 e. The van der Waals surface area contributed by atoms with Crippen LogP contribution >= 0.6 is 55.5 Å². The van der Waals surface area contributed by atoms with Crippen molar-refractivity contribution in [1.29, 1.82) is 0 Å². The molecule has 2 aliphatic rings. The van der Waals surface area contributed by atoms with Gasteiger partial charge in [0, 0.05) is 38.1 Å². The van der Waals surface area contributed by atoms with E-state index in [1.807, 2.05) is 18.2 Å². The fraction of sp³-hybridized carbons (Fsp3) is 0. The van der Waals surface area contributed by atoms with Crippen molar-refractivity contribution in [3.63, 3.8) is 0 Å². The number of amidine groups is 2. The smallest absolute Gasteiger partial charge is 0.153 e.